The quantitative estimate of drug-likeness (QED) is 0.198. The first kappa shape index (κ1) is 28.2. The van der Waals surface area contributed by atoms with Crippen LogP contribution in [0.15, 0.2) is 29.2 Å². The SMILES string of the molecule is CCCCCCCCCCCCc1ccc(S(=O)(=O)OC2[C@@H](O)[C@H](O)C(O)[C@H](O)[C@@H]2O)cc1. The first-order valence-corrected chi connectivity index (χ1v) is 13.5. The molecule has 1 aliphatic carbocycles. The lowest BCUT2D eigenvalue weighted by atomic mass is 9.85. The van der Waals surface area contributed by atoms with Gasteiger partial charge < -0.3 is 25.5 Å². The maximum Gasteiger partial charge on any atom is 0.297 e. The van der Waals surface area contributed by atoms with E-state index >= 15 is 0 Å². The van der Waals surface area contributed by atoms with Crippen LogP contribution in [-0.2, 0) is 20.7 Å². The molecule has 0 saturated heterocycles. The van der Waals surface area contributed by atoms with Crippen molar-refractivity contribution in [3.05, 3.63) is 29.8 Å². The number of aliphatic hydroxyl groups is 5. The van der Waals surface area contributed by atoms with E-state index < -0.39 is 46.7 Å². The summed E-state index contributed by atoms with van der Waals surface area (Å²) in [6.07, 6.45) is 2.20. The van der Waals surface area contributed by atoms with Gasteiger partial charge in [0.15, 0.2) is 0 Å². The Morgan fingerprint density at radius 2 is 1.09 bits per heavy atom. The second-order valence-electron chi connectivity index (χ2n) is 9.04. The molecule has 5 N–H and O–H groups in total. The molecule has 1 aromatic rings. The molecule has 0 spiro atoms. The molecule has 8 nitrogen and oxygen atoms in total. The van der Waals surface area contributed by atoms with Crippen LogP contribution in [0.2, 0.25) is 0 Å². The molecule has 2 unspecified atom stereocenters. The maximum absolute atomic E-state index is 12.6. The van der Waals surface area contributed by atoms with Crippen LogP contribution in [0.5, 0.6) is 0 Å². The molecule has 0 bridgehead atoms. The fourth-order valence-electron chi connectivity index (χ4n) is 4.15. The average molecular weight is 489 g/mol. The highest BCUT2D eigenvalue weighted by Crippen LogP contribution is 2.27. The van der Waals surface area contributed by atoms with E-state index in [1.54, 1.807) is 12.1 Å². The smallest absolute Gasteiger partial charge is 0.297 e. The molecular formula is C24H40O8S. The molecule has 190 valence electrons. The molecular weight excluding hydrogens is 448 g/mol. The van der Waals surface area contributed by atoms with Crippen molar-refractivity contribution in [2.45, 2.75) is 119 Å². The van der Waals surface area contributed by atoms with E-state index in [0.717, 1.165) is 24.8 Å². The molecule has 0 amide bonds. The fraction of sp³-hybridized carbons (Fsp3) is 0.750. The molecule has 1 aliphatic rings. The van der Waals surface area contributed by atoms with Crippen LogP contribution in [0.4, 0.5) is 0 Å². The van der Waals surface area contributed by atoms with Crippen molar-refractivity contribution in [3.63, 3.8) is 0 Å². The molecule has 1 fully saturated rings. The van der Waals surface area contributed by atoms with Gasteiger partial charge >= 0.3 is 0 Å². The monoisotopic (exact) mass is 488 g/mol. The molecule has 1 saturated carbocycles. The third-order valence-corrected chi connectivity index (χ3v) is 7.67. The Morgan fingerprint density at radius 1 is 0.667 bits per heavy atom. The molecule has 0 aliphatic heterocycles. The summed E-state index contributed by atoms with van der Waals surface area (Å²) in [5, 5.41) is 49.1. The number of hydrogen-bond acceptors (Lipinski definition) is 8. The summed E-state index contributed by atoms with van der Waals surface area (Å²) in [5.74, 6) is 0. The third kappa shape index (κ3) is 8.28. The lowest BCUT2D eigenvalue weighted by Crippen LogP contribution is -2.64. The van der Waals surface area contributed by atoms with Gasteiger partial charge in [-0.15, -0.1) is 0 Å². The topological polar surface area (TPSA) is 145 Å². The van der Waals surface area contributed by atoms with E-state index in [-0.39, 0.29) is 4.90 Å². The number of hydrogen-bond donors (Lipinski definition) is 5. The predicted octanol–water partition coefficient (Wildman–Crippen LogP) is 2.04. The Bertz CT molecular complexity index is 766. The van der Waals surface area contributed by atoms with Crippen molar-refractivity contribution in [1.82, 2.24) is 0 Å². The van der Waals surface area contributed by atoms with E-state index in [2.05, 4.69) is 6.92 Å². The summed E-state index contributed by atoms with van der Waals surface area (Å²) < 4.78 is 30.1. The Balaban J connectivity index is 1.78. The van der Waals surface area contributed by atoms with Crippen molar-refractivity contribution in [2.75, 3.05) is 0 Å². The fourth-order valence-corrected chi connectivity index (χ4v) is 5.25. The summed E-state index contributed by atoms with van der Waals surface area (Å²) >= 11 is 0. The van der Waals surface area contributed by atoms with Gasteiger partial charge in [-0.2, -0.15) is 8.42 Å². The molecule has 9 heteroatoms. The lowest BCUT2D eigenvalue weighted by molar-refractivity contribution is -0.216. The van der Waals surface area contributed by atoms with Gasteiger partial charge in [-0.05, 0) is 30.5 Å². The highest BCUT2D eigenvalue weighted by molar-refractivity contribution is 7.86. The van der Waals surface area contributed by atoms with E-state index in [4.69, 9.17) is 4.18 Å². The minimum atomic E-state index is -4.37. The van der Waals surface area contributed by atoms with Gasteiger partial charge in [-0.25, -0.2) is 0 Å². The Hall–Kier alpha value is -1.07. The van der Waals surface area contributed by atoms with E-state index in [1.165, 1.54) is 63.5 Å². The summed E-state index contributed by atoms with van der Waals surface area (Å²) in [5.41, 5.74) is 1.00. The third-order valence-electron chi connectivity index (χ3n) is 6.34. The van der Waals surface area contributed by atoms with Crippen molar-refractivity contribution in [3.8, 4) is 0 Å². The van der Waals surface area contributed by atoms with Crippen LogP contribution in [0.25, 0.3) is 0 Å². The highest BCUT2D eigenvalue weighted by atomic mass is 32.2. The second-order valence-corrected chi connectivity index (χ2v) is 10.6. The van der Waals surface area contributed by atoms with Crippen LogP contribution >= 0.6 is 0 Å². The molecule has 6 atom stereocenters. The van der Waals surface area contributed by atoms with Crippen LogP contribution in [0, 0.1) is 0 Å². The van der Waals surface area contributed by atoms with Crippen LogP contribution in [0.1, 0.15) is 76.7 Å². The minimum absolute atomic E-state index is 0.163. The molecule has 33 heavy (non-hydrogen) atoms. The van der Waals surface area contributed by atoms with Gasteiger partial charge in [0.05, 0.1) is 4.90 Å². The van der Waals surface area contributed by atoms with E-state index in [0.29, 0.717) is 0 Å². The lowest BCUT2D eigenvalue weighted by Gasteiger charge is -2.40. The van der Waals surface area contributed by atoms with Gasteiger partial charge in [-0.1, -0.05) is 76.8 Å². The number of aryl methyl sites for hydroxylation is 1. The number of rotatable bonds is 14. The highest BCUT2D eigenvalue weighted by Gasteiger charge is 2.50. The zero-order chi connectivity index (χ0) is 24.4. The van der Waals surface area contributed by atoms with Crippen LogP contribution < -0.4 is 0 Å². The number of unbranched alkanes of at least 4 members (excludes halogenated alkanes) is 9. The summed E-state index contributed by atoms with van der Waals surface area (Å²) in [6.45, 7) is 2.22. The Morgan fingerprint density at radius 3 is 1.58 bits per heavy atom. The van der Waals surface area contributed by atoms with Crippen LogP contribution in [0.3, 0.4) is 0 Å². The van der Waals surface area contributed by atoms with Crippen LogP contribution in [-0.4, -0.2) is 70.6 Å². The van der Waals surface area contributed by atoms with Gasteiger partial charge in [0.2, 0.25) is 0 Å². The Kier molecular flexibility index (Phi) is 11.7. The van der Waals surface area contributed by atoms with Gasteiger partial charge in [-0.3, -0.25) is 4.18 Å². The summed E-state index contributed by atoms with van der Waals surface area (Å²) in [6, 6.07) is 6.19. The normalized spacial score (nSPS) is 28.2. The number of aliphatic hydroxyl groups excluding tert-OH is 5. The minimum Gasteiger partial charge on any atom is -0.387 e. The first-order valence-electron chi connectivity index (χ1n) is 12.1. The van der Waals surface area contributed by atoms with Gasteiger partial charge in [0.1, 0.15) is 36.6 Å². The van der Waals surface area contributed by atoms with Gasteiger partial charge in [0, 0.05) is 0 Å². The first-order chi connectivity index (χ1) is 15.7. The summed E-state index contributed by atoms with van der Waals surface area (Å²) in [4.78, 5) is -0.163. The molecule has 1 aromatic carbocycles. The van der Waals surface area contributed by atoms with Gasteiger partial charge in [0.25, 0.3) is 10.1 Å². The van der Waals surface area contributed by atoms with Crippen molar-refractivity contribution < 1.29 is 38.1 Å². The zero-order valence-electron chi connectivity index (χ0n) is 19.4. The average Bonchev–Trinajstić information content (AvgIpc) is 2.81. The maximum atomic E-state index is 12.6. The molecule has 0 radical (unpaired) electrons. The Labute approximate surface area is 197 Å². The van der Waals surface area contributed by atoms with Crippen molar-refractivity contribution in [1.29, 1.82) is 0 Å². The molecule has 2 rings (SSSR count). The zero-order valence-corrected chi connectivity index (χ0v) is 20.2. The predicted molar refractivity (Wildman–Crippen MR) is 124 cm³/mol. The largest absolute Gasteiger partial charge is 0.387 e. The molecule has 0 heterocycles. The molecule has 0 aromatic heterocycles. The number of benzene rings is 1. The van der Waals surface area contributed by atoms with E-state index in [9.17, 15) is 34.0 Å². The van der Waals surface area contributed by atoms with Crippen molar-refractivity contribution in [2.24, 2.45) is 0 Å². The summed E-state index contributed by atoms with van der Waals surface area (Å²) in [7, 11) is -4.37. The van der Waals surface area contributed by atoms with E-state index in [1.807, 2.05) is 0 Å². The van der Waals surface area contributed by atoms with Crippen molar-refractivity contribution >= 4 is 10.1 Å². The second kappa shape index (κ2) is 13.7. The standard InChI is InChI=1S/C24H40O8S/c1-2-3-4-5-6-7-8-9-10-11-12-17-13-15-18(16-14-17)33(30,31)32-24-22(28)20(26)19(25)21(27)23(24)29/h13-16,19-29H,2-12H2,1H3/t19?,20-,21+,22-,23-,24?/m0/s1.